The lowest BCUT2D eigenvalue weighted by Gasteiger charge is -2.31. The van der Waals surface area contributed by atoms with Crippen LogP contribution in [0.25, 0.3) is 0 Å². The van der Waals surface area contributed by atoms with Crippen LogP contribution in [-0.2, 0) is 36.9 Å². The second-order valence-electron chi connectivity index (χ2n) is 14.8. The van der Waals surface area contributed by atoms with Crippen LogP contribution >= 0.6 is 0 Å². The number of hydrogen-bond acceptors (Lipinski definition) is 8. The highest BCUT2D eigenvalue weighted by Crippen LogP contribution is 2.28. The monoisotopic (exact) mass is 722 g/mol. The number of amides is 5. The van der Waals surface area contributed by atoms with Crippen LogP contribution in [0.1, 0.15) is 97.1 Å². The Balaban J connectivity index is 1.64. The van der Waals surface area contributed by atoms with Gasteiger partial charge in [0.1, 0.15) is 17.7 Å². The van der Waals surface area contributed by atoms with E-state index in [4.69, 9.17) is 4.74 Å². The Labute approximate surface area is 307 Å². The van der Waals surface area contributed by atoms with Crippen LogP contribution in [0.2, 0.25) is 0 Å². The lowest BCUT2D eigenvalue weighted by atomic mass is 9.83. The van der Waals surface area contributed by atoms with E-state index in [1.54, 1.807) is 39.2 Å². The van der Waals surface area contributed by atoms with Crippen LogP contribution in [0.5, 0.6) is 0 Å². The topological polar surface area (TPSA) is 188 Å². The Bertz CT molecular complexity index is 1430. The number of hydrogen-bond donors (Lipinski definition) is 6. The van der Waals surface area contributed by atoms with Crippen LogP contribution in [0.15, 0.2) is 54.9 Å². The molecular formula is C39H58N6O7. The molecule has 1 saturated carbocycles. The fourth-order valence-electron chi connectivity index (χ4n) is 6.22. The first-order valence-corrected chi connectivity index (χ1v) is 18.5. The molecule has 1 aromatic heterocycles. The summed E-state index contributed by atoms with van der Waals surface area (Å²) in [6, 6.07) is 10.2. The van der Waals surface area contributed by atoms with E-state index in [0.29, 0.717) is 12.8 Å². The lowest BCUT2D eigenvalue weighted by Crippen LogP contribution is -2.54. The summed E-state index contributed by atoms with van der Waals surface area (Å²) < 4.78 is 5.36. The van der Waals surface area contributed by atoms with Gasteiger partial charge in [0.2, 0.25) is 23.6 Å². The van der Waals surface area contributed by atoms with Crippen molar-refractivity contribution in [3.05, 3.63) is 66.0 Å². The van der Waals surface area contributed by atoms with Crippen molar-refractivity contribution < 1.29 is 33.8 Å². The number of aliphatic hydroxyl groups excluding tert-OH is 1. The number of aromatic nitrogens is 1. The molecule has 6 N–H and O–H groups in total. The summed E-state index contributed by atoms with van der Waals surface area (Å²) in [5, 5.41) is 25.1. The molecule has 1 aliphatic carbocycles. The quantitative estimate of drug-likeness (QED) is 0.134. The number of carbonyl (C=O) groups excluding carboxylic acids is 5. The third-order valence-corrected chi connectivity index (χ3v) is 9.23. The van der Waals surface area contributed by atoms with Crippen molar-refractivity contribution in [1.82, 2.24) is 31.6 Å². The van der Waals surface area contributed by atoms with E-state index in [0.717, 1.165) is 43.2 Å². The zero-order valence-corrected chi connectivity index (χ0v) is 31.3. The number of pyridine rings is 1. The molecule has 13 nitrogen and oxygen atoms in total. The van der Waals surface area contributed by atoms with Gasteiger partial charge in [0, 0.05) is 25.4 Å². The molecule has 3 rings (SSSR count). The maximum Gasteiger partial charge on any atom is 0.408 e. The summed E-state index contributed by atoms with van der Waals surface area (Å²) in [6.45, 7) is 8.81. The fraction of sp³-hybridized carbons (Fsp3) is 0.590. The summed E-state index contributed by atoms with van der Waals surface area (Å²) in [4.78, 5) is 69.6. The smallest absolute Gasteiger partial charge is 0.408 e. The predicted molar refractivity (Wildman–Crippen MR) is 198 cm³/mol. The highest BCUT2D eigenvalue weighted by molar-refractivity contribution is 5.90. The van der Waals surface area contributed by atoms with E-state index in [9.17, 15) is 29.1 Å². The molecule has 0 unspecified atom stereocenters. The highest BCUT2D eigenvalue weighted by atomic mass is 16.6. The van der Waals surface area contributed by atoms with E-state index < -0.39 is 60.2 Å². The summed E-state index contributed by atoms with van der Waals surface area (Å²) >= 11 is 0. The molecule has 286 valence electrons. The fourth-order valence-corrected chi connectivity index (χ4v) is 6.22. The second kappa shape index (κ2) is 21.1. The molecule has 1 fully saturated rings. The van der Waals surface area contributed by atoms with Crippen molar-refractivity contribution in [2.75, 3.05) is 6.54 Å². The number of nitrogens with one attached hydrogen (secondary N) is 5. The number of carbonyl (C=O) groups is 5. The Morgan fingerprint density at radius 3 is 2.21 bits per heavy atom. The predicted octanol–water partition coefficient (Wildman–Crippen LogP) is 3.69. The van der Waals surface area contributed by atoms with E-state index in [2.05, 4.69) is 31.6 Å². The van der Waals surface area contributed by atoms with Gasteiger partial charge in [-0.05, 0) is 56.2 Å². The van der Waals surface area contributed by atoms with Crippen LogP contribution in [0, 0.1) is 11.8 Å². The molecule has 0 bridgehead atoms. The van der Waals surface area contributed by atoms with Gasteiger partial charge in [-0.3, -0.25) is 24.2 Å². The largest absolute Gasteiger partial charge is 0.444 e. The third-order valence-electron chi connectivity index (χ3n) is 9.23. The molecule has 0 spiro atoms. The normalized spacial score (nSPS) is 16.3. The maximum absolute atomic E-state index is 13.3. The first-order chi connectivity index (χ1) is 24.7. The molecule has 5 amide bonds. The van der Waals surface area contributed by atoms with Gasteiger partial charge < -0.3 is 36.4 Å². The van der Waals surface area contributed by atoms with Crippen molar-refractivity contribution in [2.45, 2.75) is 129 Å². The molecule has 13 heteroatoms. The molecule has 2 aromatic rings. The Hall–Kier alpha value is -4.52. The van der Waals surface area contributed by atoms with Crippen LogP contribution in [0.3, 0.4) is 0 Å². The standard InChI is InChI=1S/C39H58N6O7/c1-6-26(2)35(37(50)41-24-29-18-13-19-40-23-29)45-33(47)22-32(46)30(20-27-14-9-7-10-15-27)43-34(48)25-42-36(49)31(21-28-16-11-8-12-17-28)44-38(51)52-39(3,4)5/h8,11-13,16-19,23,26-27,30-32,35,46H,6-7,9-10,14-15,20-22,24-25H2,1-5H3,(H,41,50)(H,42,49)(H,43,48)(H,44,51)(H,45,47)/t26-,30-,31-,32-,35-/m0/s1. The van der Waals surface area contributed by atoms with Gasteiger partial charge >= 0.3 is 6.09 Å². The first kappa shape index (κ1) is 41.9. The SMILES string of the molecule is CC[C@H](C)[C@H](NC(=O)C[C@H](O)[C@H](CC1CCCCC1)NC(=O)CNC(=O)[C@H](Cc1ccccc1)NC(=O)OC(C)(C)C)C(=O)NCc1cccnc1. The second-order valence-corrected chi connectivity index (χ2v) is 14.8. The van der Waals surface area contributed by atoms with Crippen molar-refractivity contribution in [2.24, 2.45) is 11.8 Å². The van der Waals surface area contributed by atoms with Crippen molar-refractivity contribution in [3.8, 4) is 0 Å². The Morgan fingerprint density at radius 2 is 1.58 bits per heavy atom. The lowest BCUT2D eigenvalue weighted by molar-refractivity contribution is -0.132. The van der Waals surface area contributed by atoms with Gasteiger partial charge in [-0.1, -0.05) is 88.8 Å². The van der Waals surface area contributed by atoms with E-state index in [1.165, 1.54) is 0 Å². The molecule has 0 aliphatic heterocycles. The molecule has 5 atom stereocenters. The van der Waals surface area contributed by atoms with Crippen molar-refractivity contribution in [3.63, 3.8) is 0 Å². The van der Waals surface area contributed by atoms with Gasteiger partial charge in [-0.15, -0.1) is 0 Å². The van der Waals surface area contributed by atoms with Crippen molar-refractivity contribution >= 4 is 29.7 Å². The highest BCUT2D eigenvalue weighted by Gasteiger charge is 2.31. The Kier molecular flexibility index (Phi) is 17.0. The van der Waals surface area contributed by atoms with Gasteiger partial charge in [0.25, 0.3) is 0 Å². The molecule has 0 radical (unpaired) electrons. The minimum atomic E-state index is -1.24. The third kappa shape index (κ3) is 15.4. The summed E-state index contributed by atoms with van der Waals surface area (Å²) in [5.41, 5.74) is 0.854. The molecule has 52 heavy (non-hydrogen) atoms. The zero-order valence-electron chi connectivity index (χ0n) is 31.3. The van der Waals surface area contributed by atoms with E-state index in [-0.39, 0.29) is 37.1 Å². The molecule has 1 aliphatic rings. The van der Waals surface area contributed by atoms with Crippen molar-refractivity contribution in [1.29, 1.82) is 0 Å². The average Bonchev–Trinajstić information content (AvgIpc) is 3.11. The van der Waals surface area contributed by atoms with Crippen LogP contribution in [0.4, 0.5) is 4.79 Å². The van der Waals surface area contributed by atoms with Gasteiger partial charge in [0.05, 0.1) is 25.1 Å². The summed E-state index contributed by atoms with van der Waals surface area (Å²) in [6.07, 6.45) is 7.39. The number of rotatable bonds is 18. The number of ether oxygens (including phenoxy) is 1. The first-order valence-electron chi connectivity index (χ1n) is 18.5. The minimum absolute atomic E-state index is 0.171. The Morgan fingerprint density at radius 1 is 0.885 bits per heavy atom. The molecule has 1 heterocycles. The average molecular weight is 723 g/mol. The minimum Gasteiger partial charge on any atom is -0.444 e. The zero-order chi connectivity index (χ0) is 38.1. The van der Waals surface area contributed by atoms with Crippen LogP contribution < -0.4 is 26.6 Å². The number of nitrogens with zero attached hydrogens (tertiary/aromatic N) is 1. The summed E-state index contributed by atoms with van der Waals surface area (Å²) in [7, 11) is 0. The number of alkyl carbamates (subject to hydrolysis) is 1. The molecular weight excluding hydrogens is 664 g/mol. The van der Waals surface area contributed by atoms with Gasteiger partial charge in [0.15, 0.2) is 0 Å². The number of benzene rings is 1. The molecule has 0 saturated heterocycles. The van der Waals surface area contributed by atoms with Crippen LogP contribution in [-0.4, -0.2) is 76.2 Å². The van der Waals surface area contributed by atoms with E-state index in [1.807, 2.05) is 50.2 Å². The van der Waals surface area contributed by atoms with E-state index >= 15 is 0 Å². The van der Waals surface area contributed by atoms with Gasteiger partial charge in [-0.25, -0.2) is 4.79 Å². The maximum atomic E-state index is 13.3. The van der Waals surface area contributed by atoms with Gasteiger partial charge in [-0.2, -0.15) is 0 Å². The molecule has 1 aromatic carbocycles. The summed E-state index contributed by atoms with van der Waals surface area (Å²) in [5.74, 6) is -1.89. The number of aliphatic hydroxyl groups is 1.